The number of ketones is 1. The molecule has 1 atom stereocenters. The molecule has 1 unspecified atom stereocenters. The number of benzene rings is 1. The van der Waals surface area contributed by atoms with Crippen LogP contribution in [0, 0.1) is 0 Å². The van der Waals surface area contributed by atoms with Crippen LogP contribution in [0.3, 0.4) is 0 Å². The second-order valence-electron chi connectivity index (χ2n) is 5.79. The van der Waals surface area contributed by atoms with Gasteiger partial charge in [-0.25, -0.2) is 0 Å². The van der Waals surface area contributed by atoms with Gasteiger partial charge in [0.2, 0.25) is 0 Å². The molecule has 2 heteroatoms. The molecular weight excluding hydrogens is 246 g/mol. The molecule has 0 amide bonds. The molecule has 0 bridgehead atoms. The van der Waals surface area contributed by atoms with E-state index in [9.17, 15) is 4.79 Å². The van der Waals surface area contributed by atoms with Crippen molar-refractivity contribution in [1.29, 1.82) is 0 Å². The van der Waals surface area contributed by atoms with Crippen LogP contribution in [0.4, 0.5) is 0 Å². The maximum absolute atomic E-state index is 11.9. The van der Waals surface area contributed by atoms with Crippen molar-refractivity contribution in [3.63, 3.8) is 0 Å². The molecular formula is C18H17NO. The Morgan fingerprint density at radius 2 is 2.00 bits per heavy atom. The highest BCUT2D eigenvalue weighted by Crippen LogP contribution is 2.39. The summed E-state index contributed by atoms with van der Waals surface area (Å²) >= 11 is 0. The summed E-state index contributed by atoms with van der Waals surface area (Å²) < 4.78 is 0. The van der Waals surface area contributed by atoms with Crippen LogP contribution in [0.1, 0.15) is 57.9 Å². The van der Waals surface area contributed by atoms with Crippen molar-refractivity contribution in [1.82, 2.24) is 4.98 Å². The Morgan fingerprint density at radius 3 is 2.95 bits per heavy atom. The minimum atomic E-state index is 0.305. The van der Waals surface area contributed by atoms with Gasteiger partial charge in [-0.2, -0.15) is 0 Å². The van der Waals surface area contributed by atoms with Gasteiger partial charge in [0.15, 0.2) is 5.78 Å². The quantitative estimate of drug-likeness (QED) is 0.785. The third kappa shape index (κ3) is 1.71. The first-order chi connectivity index (χ1) is 9.84. The van der Waals surface area contributed by atoms with Gasteiger partial charge in [0.1, 0.15) is 0 Å². The van der Waals surface area contributed by atoms with E-state index in [4.69, 9.17) is 0 Å². The number of Topliss-reactive ketones (excluding diaryl/α,β-unsaturated/α-hetero) is 1. The average molecular weight is 263 g/mol. The molecule has 0 N–H and O–H groups in total. The molecule has 0 saturated carbocycles. The Hall–Kier alpha value is -1.96. The topological polar surface area (TPSA) is 30.0 Å². The van der Waals surface area contributed by atoms with Crippen LogP contribution in [0.25, 0.3) is 0 Å². The van der Waals surface area contributed by atoms with Gasteiger partial charge in [0.05, 0.1) is 5.69 Å². The molecule has 2 nitrogen and oxygen atoms in total. The molecule has 0 radical (unpaired) electrons. The van der Waals surface area contributed by atoms with Crippen LogP contribution in [-0.4, -0.2) is 10.8 Å². The first kappa shape index (κ1) is 11.8. The summed E-state index contributed by atoms with van der Waals surface area (Å²) in [5.74, 6) is 0.680. The number of carbonyl (C=O) groups excluding carboxylic acids is 1. The van der Waals surface area contributed by atoms with Gasteiger partial charge in [-0.15, -0.1) is 0 Å². The number of hydrogen-bond acceptors (Lipinski definition) is 2. The molecule has 0 spiro atoms. The molecule has 0 fully saturated rings. The van der Waals surface area contributed by atoms with Gasteiger partial charge in [-0.3, -0.25) is 9.78 Å². The van der Waals surface area contributed by atoms with Crippen molar-refractivity contribution in [3.8, 4) is 0 Å². The number of aryl methyl sites for hydroxylation is 1. The predicted octanol–water partition coefficient (Wildman–Crippen LogP) is 3.68. The lowest BCUT2D eigenvalue weighted by atomic mass is 9.80. The molecule has 4 rings (SSSR count). The van der Waals surface area contributed by atoms with E-state index in [0.29, 0.717) is 18.1 Å². The highest BCUT2D eigenvalue weighted by Gasteiger charge is 2.29. The van der Waals surface area contributed by atoms with Crippen molar-refractivity contribution in [3.05, 3.63) is 64.5 Å². The van der Waals surface area contributed by atoms with Crippen LogP contribution in [0.15, 0.2) is 36.5 Å². The van der Waals surface area contributed by atoms with Crippen LogP contribution in [0.2, 0.25) is 0 Å². The fourth-order valence-electron chi connectivity index (χ4n) is 3.76. The zero-order valence-corrected chi connectivity index (χ0v) is 11.4. The summed E-state index contributed by atoms with van der Waals surface area (Å²) in [5.41, 5.74) is 6.18. The third-order valence-electron chi connectivity index (χ3n) is 4.69. The maximum atomic E-state index is 11.9. The zero-order valence-electron chi connectivity index (χ0n) is 11.4. The van der Waals surface area contributed by atoms with Crippen molar-refractivity contribution < 1.29 is 4.79 Å². The van der Waals surface area contributed by atoms with E-state index in [1.54, 1.807) is 0 Å². The molecule has 2 aliphatic carbocycles. The molecule has 2 aliphatic rings. The second-order valence-corrected chi connectivity index (χ2v) is 5.79. The SMILES string of the molecule is O=C1CCc2c1cccc2C1CCCc2cccnc21. The highest BCUT2D eigenvalue weighted by atomic mass is 16.1. The second kappa shape index (κ2) is 4.55. The number of fused-ring (bicyclic) bond motifs is 2. The number of rotatable bonds is 1. The van der Waals surface area contributed by atoms with E-state index < -0.39 is 0 Å². The van der Waals surface area contributed by atoms with E-state index in [-0.39, 0.29) is 0 Å². The van der Waals surface area contributed by atoms with Crippen molar-refractivity contribution in [2.24, 2.45) is 0 Å². The Balaban J connectivity index is 1.86. The van der Waals surface area contributed by atoms with Crippen LogP contribution >= 0.6 is 0 Å². The average Bonchev–Trinajstić information content (AvgIpc) is 2.88. The van der Waals surface area contributed by atoms with Crippen molar-refractivity contribution >= 4 is 5.78 Å². The Morgan fingerprint density at radius 1 is 1.05 bits per heavy atom. The van der Waals surface area contributed by atoms with Crippen molar-refractivity contribution in [2.45, 2.75) is 38.0 Å². The largest absolute Gasteiger partial charge is 0.294 e. The predicted molar refractivity (Wildman–Crippen MR) is 78.1 cm³/mol. The molecule has 20 heavy (non-hydrogen) atoms. The Bertz CT molecular complexity index is 690. The summed E-state index contributed by atoms with van der Waals surface area (Å²) in [6.45, 7) is 0. The number of pyridine rings is 1. The molecule has 100 valence electrons. The number of aromatic nitrogens is 1. The normalized spacial score (nSPS) is 20.6. The van der Waals surface area contributed by atoms with Crippen LogP contribution < -0.4 is 0 Å². The Labute approximate surface area is 118 Å². The smallest absolute Gasteiger partial charge is 0.163 e. The van der Waals surface area contributed by atoms with E-state index >= 15 is 0 Å². The summed E-state index contributed by atoms with van der Waals surface area (Å²) in [6, 6.07) is 10.4. The standard InChI is InChI=1S/C18H17NO/c20-17-10-9-14-13(6-2-7-15(14)17)16-8-1-4-12-5-3-11-19-18(12)16/h2-3,5-7,11,16H,1,4,8-10H2. The van der Waals surface area contributed by atoms with Gasteiger partial charge in [-0.05, 0) is 48.4 Å². The summed E-state index contributed by atoms with van der Waals surface area (Å²) in [6.07, 6.45) is 6.96. The minimum Gasteiger partial charge on any atom is -0.294 e. The number of nitrogens with zero attached hydrogens (tertiary/aromatic N) is 1. The number of hydrogen-bond donors (Lipinski definition) is 0. The number of carbonyl (C=O) groups is 1. The van der Waals surface area contributed by atoms with E-state index in [0.717, 1.165) is 24.8 Å². The first-order valence-corrected chi connectivity index (χ1v) is 7.43. The molecule has 1 aromatic heterocycles. The fourth-order valence-corrected chi connectivity index (χ4v) is 3.76. The molecule has 1 heterocycles. The summed E-state index contributed by atoms with van der Waals surface area (Å²) in [4.78, 5) is 16.6. The van der Waals surface area contributed by atoms with Crippen LogP contribution in [-0.2, 0) is 12.8 Å². The lowest BCUT2D eigenvalue weighted by molar-refractivity contribution is 0.0994. The van der Waals surface area contributed by atoms with Gasteiger partial charge in [0.25, 0.3) is 0 Å². The lowest BCUT2D eigenvalue weighted by Gasteiger charge is -2.26. The lowest BCUT2D eigenvalue weighted by Crippen LogP contribution is -2.14. The highest BCUT2D eigenvalue weighted by molar-refractivity contribution is 6.00. The van der Waals surface area contributed by atoms with E-state index in [1.165, 1.54) is 28.8 Å². The fraction of sp³-hybridized carbons (Fsp3) is 0.333. The third-order valence-corrected chi connectivity index (χ3v) is 4.69. The summed E-state index contributed by atoms with van der Waals surface area (Å²) in [7, 11) is 0. The maximum Gasteiger partial charge on any atom is 0.163 e. The van der Waals surface area contributed by atoms with Crippen molar-refractivity contribution in [2.75, 3.05) is 0 Å². The molecule has 2 aromatic rings. The summed E-state index contributed by atoms with van der Waals surface area (Å²) in [5, 5.41) is 0. The molecule has 0 aliphatic heterocycles. The van der Waals surface area contributed by atoms with E-state index in [1.807, 2.05) is 24.4 Å². The minimum absolute atomic E-state index is 0.305. The zero-order chi connectivity index (χ0) is 13.5. The van der Waals surface area contributed by atoms with Gasteiger partial charge in [0, 0.05) is 24.1 Å². The Kier molecular flexibility index (Phi) is 2.69. The molecule has 1 aromatic carbocycles. The molecule has 0 saturated heterocycles. The first-order valence-electron chi connectivity index (χ1n) is 7.43. The van der Waals surface area contributed by atoms with Crippen LogP contribution in [0.5, 0.6) is 0 Å². The monoisotopic (exact) mass is 263 g/mol. The van der Waals surface area contributed by atoms with E-state index in [2.05, 4.69) is 17.1 Å². The van der Waals surface area contributed by atoms with Gasteiger partial charge < -0.3 is 0 Å². The van der Waals surface area contributed by atoms with Gasteiger partial charge >= 0.3 is 0 Å². The van der Waals surface area contributed by atoms with Gasteiger partial charge in [-0.1, -0.05) is 24.3 Å².